The number of primary sulfonamides is 1. The largest absolute Gasteiger partial charge is 0.411 e. The van der Waals surface area contributed by atoms with Crippen molar-refractivity contribution in [2.24, 2.45) is 21.8 Å². The summed E-state index contributed by atoms with van der Waals surface area (Å²) >= 11 is 0. The van der Waals surface area contributed by atoms with Crippen molar-refractivity contribution in [3.05, 3.63) is 58.7 Å². The van der Waals surface area contributed by atoms with E-state index in [-0.39, 0.29) is 32.8 Å². The molecule has 2 aromatic rings. The molecule has 0 unspecified atom stereocenters. The average molecular weight is 528 g/mol. The summed E-state index contributed by atoms with van der Waals surface area (Å²) < 4.78 is 48.5. The van der Waals surface area contributed by atoms with Crippen molar-refractivity contribution in [3.63, 3.8) is 0 Å². The Labute approximate surface area is 204 Å². The number of rotatable bonds is 7. The highest BCUT2D eigenvalue weighted by Crippen LogP contribution is 2.34. The third-order valence-electron chi connectivity index (χ3n) is 4.59. The first kappa shape index (κ1) is 29.5. The van der Waals surface area contributed by atoms with Crippen LogP contribution in [-0.2, 0) is 20.0 Å². The first-order chi connectivity index (χ1) is 16.0. The summed E-state index contributed by atoms with van der Waals surface area (Å²) in [5, 5.41) is 15.9. The molecule has 0 atom stereocenters. The van der Waals surface area contributed by atoms with Crippen molar-refractivity contribution in [2.75, 3.05) is 0 Å². The van der Waals surface area contributed by atoms with E-state index in [4.69, 9.17) is 21.8 Å². The highest BCUT2D eigenvalue weighted by atomic mass is 32.2. The van der Waals surface area contributed by atoms with Crippen LogP contribution in [0.5, 0.6) is 0 Å². The third kappa shape index (κ3) is 8.05. The van der Waals surface area contributed by atoms with Crippen LogP contribution < -0.4 is 21.3 Å². The minimum Gasteiger partial charge on any atom is -0.411 e. The van der Waals surface area contributed by atoms with Gasteiger partial charge in [0.15, 0.2) is 0 Å². The van der Waals surface area contributed by atoms with Gasteiger partial charge in [0, 0.05) is 5.56 Å². The SMILES string of the molecule is CC(C)c1ccc(C(N)=O)c(C(C)C)c1S(=O)(=O)NC(N)=O.NS(=O)(=O)c1cccc(/C=N\O)c1. The number of oxime groups is 1. The second kappa shape index (κ2) is 11.8. The molecule has 0 aliphatic carbocycles. The second-order valence-electron chi connectivity index (χ2n) is 7.95. The van der Waals surface area contributed by atoms with E-state index in [9.17, 15) is 26.4 Å². The number of primary amides is 2. The second-order valence-corrected chi connectivity index (χ2v) is 11.1. The smallest absolute Gasteiger partial charge is 0.326 e. The van der Waals surface area contributed by atoms with E-state index in [0.717, 1.165) is 6.21 Å². The van der Waals surface area contributed by atoms with Crippen LogP contribution in [0.25, 0.3) is 0 Å². The molecule has 2 rings (SSSR count). The summed E-state index contributed by atoms with van der Waals surface area (Å²) in [5.74, 6) is -1.16. The molecular formula is C21H29N5O7S2. The van der Waals surface area contributed by atoms with Crippen molar-refractivity contribution in [2.45, 2.75) is 49.3 Å². The minimum atomic E-state index is -4.20. The van der Waals surface area contributed by atoms with Gasteiger partial charge >= 0.3 is 6.03 Å². The molecule has 0 aliphatic heterocycles. The fraction of sp³-hybridized carbons (Fsp3) is 0.286. The van der Waals surface area contributed by atoms with Crippen molar-refractivity contribution in [1.29, 1.82) is 0 Å². The van der Waals surface area contributed by atoms with E-state index < -0.39 is 32.0 Å². The highest BCUT2D eigenvalue weighted by Gasteiger charge is 2.29. The average Bonchev–Trinajstić information content (AvgIpc) is 2.71. The Bertz CT molecular complexity index is 1340. The Morgan fingerprint density at radius 1 is 1.00 bits per heavy atom. The van der Waals surface area contributed by atoms with Gasteiger partial charge in [0.05, 0.1) is 16.0 Å². The number of amides is 3. The topological polar surface area (TPSA) is 225 Å². The molecule has 0 saturated heterocycles. The number of carbonyl (C=O) groups is 2. The molecule has 0 bridgehead atoms. The molecular weight excluding hydrogens is 498 g/mol. The zero-order chi connectivity index (χ0) is 27.1. The number of hydrogen-bond acceptors (Lipinski definition) is 8. The zero-order valence-electron chi connectivity index (χ0n) is 19.6. The number of carbonyl (C=O) groups excluding carboxylic acids is 2. The number of benzene rings is 2. The Morgan fingerprint density at radius 2 is 1.60 bits per heavy atom. The Balaban J connectivity index is 0.000000400. The van der Waals surface area contributed by atoms with E-state index in [0.29, 0.717) is 11.1 Å². The molecule has 2 aromatic carbocycles. The number of urea groups is 1. The lowest BCUT2D eigenvalue weighted by Gasteiger charge is -2.21. The van der Waals surface area contributed by atoms with E-state index in [1.54, 1.807) is 24.6 Å². The zero-order valence-corrected chi connectivity index (χ0v) is 21.2. The number of hydrogen-bond donors (Lipinski definition) is 5. The Morgan fingerprint density at radius 3 is 2.03 bits per heavy atom. The van der Waals surface area contributed by atoms with Gasteiger partial charge in [-0.05, 0) is 46.7 Å². The van der Waals surface area contributed by atoms with Crippen molar-refractivity contribution in [3.8, 4) is 0 Å². The van der Waals surface area contributed by atoms with Crippen molar-refractivity contribution >= 4 is 38.2 Å². The molecule has 192 valence electrons. The molecule has 35 heavy (non-hydrogen) atoms. The van der Waals surface area contributed by atoms with Gasteiger partial charge in [-0.2, -0.15) is 0 Å². The number of nitrogens with zero attached hydrogens (tertiary/aromatic N) is 1. The summed E-state index contributed by atoms with van der Waals surface area (Å²) in [4.78, 5) is 22.5. The van der Waals surface area contributed by atoms with Gasteiger partial charge in [0.25, 0.3) is 10.0 Å². The maximum Gasteiger partial charge on any atom is 0.326 e. The van der Waals surface area contributed by atoms with Crippen molar-refractivity contribution < 1.29 is 31.6 Å². The predicted molar refractivity (Wildman–Crippen MR) is 130 cm³/mol. The highest BCUT2D eigenvalue weighted by molar-refractivity contribution is 7.90. The van der Waals surface area contributed by atoms with Gasteiger partial charge in [-0.3, -0.25) is 4.79 Å². The third-order valence-corrected chi connectivity index (χ3v) is 6.96. The molecule has 0 fully saturated rings. The molecule has 0 spiro atoms. The van der Waals surface area contributed by atoms with Gasteiger partial charge in [-0.1, -0.05) is 51.0 Å². The van der Waals surface area contributed by atoms with Crippen LogP contribution in [0.15, 0.2) is 51.3 Å². The number of nitrogens with one attached hydrogen (secondary N) is 1. The molecule has 12 nitrogen and oxygen atoms in total. The lowest BCUT2D eigenvalue weighted by Crippen LogP contribution is -2.36. The molecule has 0 aromatic heterocycles. The van der Waals surface area contributed by atoms with E-state index >= 15 is 0 Å². The standard InChI is InChI=1S/C14H21N3O4S.C7H8N2O3S/c1-7(2)9-5-6-10(13(15)18)11(8(3)4)12(9)22(20,21)17-14(16)19;8-13(11,12)7-3-1-2-6(4-7)5-9-10/h5-8H,1-4H3,(H2,15,18)(H3,16,17,19);1-5,10H,(H2,8,11,12)/b;9-5-. The Kier molecular flexibility index (Phi) is 9.94. The lowest BCUT2D eigenvalue weighted by molar-refractivity contribution is 0.0998. The number of sulfonamides is 2. The summed E-state index contributed by atoms with van der Waals surface area (Å²) in [6.07, 6.45) is 1.12. The van der Waals surface area contributed by atoms with Crippen LogP contribution in [0.2, 0.25) is 0 Å². The summed E-state index contributed by atoms with van der Waals surface area (Å²) in [7, 11) is -7.89. The quantitative estimate of drug-likeness (QED) is 0.202. The predicted octanol–water partition coefficient (Wildman–Crippen LogP) is 1.53. The van der Waals surface area contributed by atoms with Crippen molar-refractivity contribution in [1.82, 2.24) is 4.72 Å². The van der Waals surface area contributed by atoms with Crippen LogP contribution in [0.4, 0.5) is 4.79 Å². The molecule has 0 saturated carbocycles. The van der Waals surface area contributed by atoms with Crippen LogP contribution in [0.3, 0.4) is 0 Å². The summed E-state index contributed by atoms with van der Waals surface area (Å²) in [6.45, 7) is 7.11. The first-order valence-corrected chi connectivity index (χ1v) is 13.1. The van der Waals surface area contributed by atoms with E-state index in [2.05, 4.69) is 5.16 Å². The minimum absolute atomic E-state index is 0.00935. The normalized spacial score (nSPS) is 11.9. The van der Waals surface area contributed by atoms with E-state index in [1.165, 1.54) is 30.3 Å². The van der Waals surface area contributed by atoms with Gasteiger partial charge in [-0.25, -0.2) is 31.5 Å². The summed E-state index contributed by atoms with van der Waals surface area (Å²) in [5.41, 5.74) is 11.6. The Hall–Kier alpha value is -3.49. The first-order valence-electron chi connectivity index (χ1n) is 10.1. The summed E-state index contributed by atoms with van der Waals surface area (Å²) in [6, 6.07) is 7.64. The molecule has 14 heteroatoms. The van der Waals surface area contributed by atoms with Gasteiger partial charge in [0.1, 0.15) is 0 Å². The molecule has 0 aliphatic rings. The molecule has 3 amide bonds. The van der Waals surface area contributed by atoms with Gasteiger partial charge in [-0.15, -0.1) is 0 Å². The lowest BCUT2D eigenvalue weighted by atomic mass is 9.91. The van der Waals surface area contributed by atoms with Gasteiger partial charge < -0.3 is 16.7 Å². The molecule has 8 N–H and O–H groups in total. The fourth-order valence-electron chi connectivity index (χ4n) is 3.18. The maximum atomic E-state index is 12.5. The monoisotopic (exact) mass is 527 g/mol. The molecule has 0 heterocycles. The fourth-order valence-corrected chi connectivity index (χ4v) is 5.37. The van der Waals surface area contributed by atoms with Crippen LogP contribution in [0, 0.1) is 0 Å². The number of nitrogens with two attached hydrogens (primary N) is 3. The molecule has 0 radical (unpaired) electrons. The van der Waals surface area contributed by atoms with Crippen LogP contribution in [0.1, 0.15) is 66.6 Å². The van der Waals surface area contributed by atoms with Gasteiger partial charge in [0.2, 0.25) is 15.9 Å². The van der Waals surface area contributed by atoms with E-state index in [1.807, 2.05) is 13.8 Å². The van der Waals surface area contributed by atoms with Crippen LogP contribution >= 0.6 is 0 Å². The van der Waals surface area contributed by atoms with Crippen LogP contribution in [-0.4, -0.2) is 40.2 Å². The maximum absolute atomic E-state index is 12.5.